The second-order valence-corrected chi connectivity index (χ2v) is 14.6. The van der Waals surface area contributed by atoms with Crippen LogP contribution in [0.5, 0.6) is 0 Å². The average molecular weight is 389 g/mol. The molecule has 26 heavy (non-hydrogen) atoms. The van der Waals surface area contributed by atoms with Crippen molar-refractivity contribution >= 4 is 25.0 Å². The van der Waals surface area contributed by atoms with Crippen molar-refractivity contribution in [2.75, 3.05) is 0 Å². The molecule has 0 radical (unpaired) electrons. The number of aliphatic hydroxyl groups is 1. The second-order valence-electron chi connectivity index (χ2n) is 8.51. The molecular weight excluding hydrogens is 356 g/mol. The predicted octanol–water partition coefficient (Wildman–Crippen LogP) is 5.09. The topological polar surface area (TPSA) is 46.0 Å². The third-order valence-electron chi connectivity index (χ3n) is 6.15. The lowest BCUT2D eigenvalue weighted by Crippen LogP contribution is -2.54. The van der Waals surface area contributed by atoms with Gasteiger partial charge in [0.15, 0.2) is 5.16 Å². The van der Waals surface area contributed by atoms with Crippen LogP contribution >= 0.6 is 11.8 Å². The number of aryl methyl sites for hydroxylation is 2. The van der Waals surface area contributed by atoms with E-state index in [2.05, 4.69) is 69.0 Å². The highest BCUT2D eigenvalue weighted by atomic mass is 32.2. The molecule has 3 nitrogen and oxygen atoms in total. The van der Waals surface area contributed by atoms with Gasteiger partial charge in [0.1, 0.15) is 0 Å². The van der Waals surface area contributed by atoms with Crippen molar-refractivity contribution in [1.82, 2.24) is 9.97 Å². The van der Waals surface area contributed by atoms with Gasteiger partial charge in [-0.3, -0.25) is 0 Å². The number of aliphatic hydroxyl groups excluding tert-OH is 1. The molecule has 0 unspecified atom stereocenters. The smallest absolute Gasteiger partial charge is 0.192 e. The molecule has 0 fully saturated rings. The van der Waals surface area contributed by atoms with Gasteiger partial charge in [0, 0.05) is 16.3 Å². The molecule has 5 heteroatoms. The summed E-state index contributed by atoms with van der Waals surface area (Å²) in [5.41, 5.74) is 3.03. The Hall–Kier alpha value is -1.17. The van der Waals surface area contributed by atoms with E-state index in [1.165, 1.54) is 5.19 Å². The van der Waals surface area contributed by atoms with Crippen LogP contribution in [0.1, 0.15) is 44.6 Å². The summed E-state index contributed by atoms with van der Waals surface area (Å²) >= 11 is 1.60. The summed E-state index contributed by atoms with van der Waals surface area (Å²) in [6.07, 6.45) is 0. The van der Waals surface area contributed by atoms with Gasteiger partial charge < -0.3 is 5.11 Å². The highest BCUT2D eigenvalue weighted by Crippen LogP contribution is 2.44. The number of hydrogen-bond acceptors (Lipinski definition) is 4. The first-order chi connectivity index (χ1) is 12.0. The van der Waals surface area contributed by atoms with Crippen LogP contribution in [-0.2, 0) is 6.61 Å². The van der Waals surface area contributed by atoms with Crippen LogP contribution in [0.2, 0.25) is 18.1 Å². The molecule has 0 atom stereocenters. The molecule has 1 heterocycles. The van der Waals surface area contributed by atoms with Crippen molar-refractivity contribution in [1.29, 1.82) is 0 Å². The largest absolute Gasteiger partial charge is 0.392 e. The highest BCUT2D eigenvalue weighted by molar-refractivity contribution is 7.99. The van der Waals surface area contributed by atoms with Crippen molar-refractivity contribution in [3.63, 3.8) is 0 Å². The molecule has 0 bridgehead atoms. The quantitative estimate of drug-likeness (QED) is 0.553. The minimum Gasteiger partial charge on any atom is -0.392 e. The summed E-state index contributed by atoms with van der Waals surface area (Å²) in [5, 5.41) is 12.3. The second kappa shape index (κ2) is 7.83. The first-order valence-corrected chi connectivity index (χ1v) is 13.0. The summed E-state index contributed by atoms with van der Waals surface area (Å²) in [5.74, 6) is 0.578. The van der Waals surface area contributed by atoms with Gasteiger partial charge in [-0.1, -0.05) is 52.0 Å². The van der Waals surface area contributed by atoms with Gasteiger partial charge in [-0.2, -0.15) is 0 Å². The zero-order valence-electron chi connectivity index (χ0n) is 17.3. The van der Waals surface area contributed by atoms with Crippen LogP contribution in [0.15, 0.2) is 34.3 Å². The Labute approximate surface area is 163 Å². The Morgan fingerprint density at radius 3 is 2.15 bits per heavy atom. The van der Waals surface area contributed by atoms with Crippen molar-refractivity contribution in [2.45, 2.75) is 76.3 Å². The summed E-state index contributed by atoms with van der Waals surface area (Å²) in [6, 6.07) is 8.41. The molecule has 2 aromatic rings. The highest BCUT2D eigenvalue weighted by Gasteiger charge is 2.43. The summed E-state index contributed by atoms with van der Waals surface area (Å²) in [7, 11) is -1.82. The van der Waals surface area contributed by atoms with Gasteiger partial charge in [0.25, 0.3) is 0 Å². The Balaban J connectivity index is 2.49. The maximum Gasteiger partial charge on any atom is 0.192 e. The van der Waals surface area contributed by atoms with Gasteiger partial charge >= 0.3 is 0 Å². The third kappa shape index (κ3) is 4.21. The molecule has 0 amide bonds. The van der Waals surface area contributed by atoms with Crippen molar-refractivity contribution in [3.8, 4) is 0 Å². The van der Waals surface area contributed by atoms with Crippen LogP contribution in [-0.4, -0.2) is 23.1 Å². The Kier molecular flexibility index (Phi) is 6.36. The number of rotatable bonds is 6. The van der Waals surface area contributed by atoms with Crippen LogP contribution in [0.4, 0.5) is 0 Å². The van der Waals surface area contributed by atoms with E-state index in [1.54, 1.807) is 11.8 Å². The summed E-state index contributed by atoms with van der Waals surface area (Å²) in [6.45, 7) is 18.3. The normalized spacial score (nSPS) is 12.7. The lowest BCUT2D eigenvalue weighted by molar-refractivity contribution is 0.282. The SMILES string of the molecule is Cc1cc(C)nc(Sc2ccc(CO)c([Si](C)(C)C(C)(C)C(C)C)c2)n1. The van der Waals surface area contributed by atoms with E-state index in [1.807, 2.05) is 19.9 Å². The molecule has 0 spiro atoms. The van der Waals surface area contributed by atoms with Crippen LogP contribution in [0.25, 0.3) is 0 Å². The molecule has 0 aliphatic carbocycles. The maximum absolute atomic E-state index is 9.93. The minimum absolute atomic E-state index is 0.0882. The molecule has 0 aliphatic rings. The van der Waals surface area contributed by atoms with E-state index in [4.69, 9.17) is 0 Å². The summed E-state index contributed by atoms with van der Waals surface area (Å²) in [4.78, 5) is 10.3. The number of aromatic nitrogens is 2. The van der Waals surface area contributed by atoms with E-state index >= 15 is 0 Å². The molecule has 1 aromatic carbocycles. The van der Waals surface area contributed by atoms with Crippen LogP contribution in [0, 0.1) is 19.8 Å². The van der Waals surface area contributed by atoms with Gasteiger partial charge in [0.05, 0.1) is 14.7 Å². The Morgan fingerprint density at radius 2 is 1.65 bits per heavy atom. The number of hydrogen-bond donors (Lipinski definition) is 1. The van der Waals surface area contributed by atoms with Crippen LogP contribution < -0.4 is 5.19 Å². The fourth-order valence-corrected chi connectivity index (χ4v) is 7.88. The third-order valence-corrected chi connectivity index (χ3v) is 12.6. The van der Waals surface area contributed by atoms with E-state index in [9.17, 15) is 5.11 Å². The fraction of sp³-hybridized carbons (Fsp3) is 0.524. The lowest BCUT2D eigenvalue weighted by atomic mass is 9.99. The predicted molar refractivity (Wildman–Crippen MR) is 114 cm³/mol. The van der Waals surface area contributed by atoms with E-state index in [0.717, 1.165) is 27.0 Å². The van der Waals surface area contributed by atoms with Crippen molar-refractivity contribution < 1.29 is 5.11 Å². The Bertz CT molecular complexity index is 767. The first-order valence-electron chi connectivity index (χ1n) is 9.23. The molecule has 0 saturated heterocycles. The molecule has 0 saturated carbocycles. The van der Waals surface area contributed by atoms with Gasteiger partial charge in [0.2, 0.25) is 0 Å². The fourth-order valence-electron chi connectivity index (χ4n) is 3.25. The molecule has 2 rings (SSSR count). The average Bonchev–Trinajstić information content (AvgIpc) is 2.53. The van der Waals surface area contributed by atoms with Gasteiger partial charge in [-0.15, -0.1) is 0 Å². The van der Waals surface area contributed by atoms with Crippen LogP contribution in [0.3, 0.4) is 0 Å². The van der Waals surface area contributed by atoms with Gasteiger partial charge in [-0.05, 0) is 60.3 Å². The van der Waals surface area contributed by atoms with E-state index in [0.29, 0.717) is 5.92 Å². The van der Waals surface area contributed by atoms with Crippen molar-refractivity contribution in [2.24, 2.45) is 5.92 Å². The lowest BCUT2D eigenvalue weighted by Gasteiger charge is -2.44. The molecule has 142 valence electrons. The van der Waals surface area contributed by atoms with E-state index in [-0.39, 0.29) is 11.6 Å². The molecule has 1 aromatic heterocycles. The first kappa shape index (κ1) is 21.1. The van der Waals surface area contributed by atoms with E-state index < -0.39 is 8.07 Å². The summed E-state index contributed by atoms with van der Waals surface area (Å²) < 4.78 is 0. The van der Waals surface area contributed by atoms with Gasteiger partial charge in [-0.25, -0.2) is 9.97 Å². The molecular formula is C21H32N2OSSi. The molecule has 0 aliphatic heterocycles. The zero-order chi connectivity index (χ0) is 19.7. The Morgan fingerprint density at radius 1 is 1.08 bits per heavy atom. The maximum atomic E-state index is 9.93. The van der Waals surface area contributed by atoms with Crippen molar-refractivity contribution in [3.05, 3.63) is 41.2 Å². The number of benzene rings is 1. The monoisotopic (exact) mass is 388 g/mol. The molecule has 1 N–H and O–H groups in total. The minimum atomic E-state index is -1.82. The zero-order valence-corrected chi connectivity index (χ0v) is 19.2. The standard InChI is InChI=1S/C21H32N2OSSi/c1-14(2)21(5,6)26(7,8)19-12-18(10-9-17(19)13-24)25-20-22-15(3)11-16(4)23-20/h9-12,14,24H,13H2,1-8H3. The number of nitrogens with zero attached hydrogens (tertiary/aromatic N) is 2.